The minimum absolute atomic E-state index is 1.16. The van der Waals surface area contributed by atoms with Crippen molar-refractivity contribution in [3.63, 3.8) is 0 Å². The number of nitrogens with one attached hydrogen (secondary N) is 1. The molecule has 1 N–H and O–H groups in total. The van der Waals surface area contributed by atoms with E-state index in [1.807, 2.05) is 18.4 Å². The van der Waals surface area contributed by atoms with Crippen LogP contribution in [0.25, 0.3) is 0 Å². The van der Waals surface area contributed by atoms with Gasteiger partial charge < -0.3 is 5.32 Å². The van der Waals surface area contributed by atoms with Gasteiger partial charge in [0.05, 0.1) is 0 Å². The van der Waals surface area contributed by atoms with Crippen molar-refractivity contribution in [3.8, 4) is 0 Å². The minimum atomic E-state index is 1.16. The Morgan fingerprint density at radius 3 is 2.64 bits per heavy atom. The fourth-order valence-corrected chi connectivity index (χ4v) is 2.55. The number of thiophene rings is 1. The second-order valence-corrected chi connectivity index (χ2v) is 4.80. The molecule has 0 unspecified atom stereocenters. The molecule has 1 nitrogen and oxygen atoms in total. The fourth-order valence-electron chi connectivity index (χ4n) is 1.60. The summed E-state index contributed by atoms with van der Waals surface area (Å²) in [6.45, 7) is 3.38. The van der Waals surface area contributed by atoms with Gasteiger partial charge in [-0.2, -0.15) is 0 Å². The van der Waals surface area contributed by atoms with E-state index >= 15 is 0 Å². The van der Waals surface area contributed by atoms with Crippen molar-refractivity contribution in [2.24, 2.45) is 0 Å². The first-order valence-corrected chi connectivity index (χ1v) is 6.40. The molecule has 0 aliphatic rings. The normalized spacial score (nSPS) is 10.7. The third-order valence-corrected chi connectivity index (χ3v) is 3.63. The Morgan fingerprint density at radius 2 is 2.00 bits per heavy atom. The van der Waals surface area contributed by atoms with Crippen molar-refractivity contribution < 1.29 is 0 Å². The number of hydrogen-bond donors (Lipinski definition) is 1. The van der Waals surface area contributed by atoms with Crippen LogP contribution in [-0.2, 0) is 6.42 Å². The molecule has 0 aliphatic heterocycles. The second kappa shape index (κ2) is 7.02. The smallest absolute Gasteiger partial charge is 0.00743 e. The summed E-state index contributed by atoms with van der Waals surface area (Å²) in [5, 5.41) is 5.38. The quantitative estimate of drug-likeness (QED) is 0.682. The lowest BCUT2D eigenvalue weighted by atomic mass is 10.1. The largest absolute Gasteiger partial charge is 0.320 e. The van der Waals surface area contributed by atoms with Crippen LogP contribution in [-0.4, -0.2) is 13.6 Å². The molecule has 0 aromatic carbocycles. The van der Waals surface area contributed by atoms with Gasteiger partial charge in [0, 0.05) is 4.88 Å². The molecule has 0 spiro atoms. The molecule has 14 heavy (non-hydrogen) atoms. The summed E-state index contributed by atoms with van der Waals surface area (Å²) < 4.78 is 0. The monoisotopic (exact) mass is 211 g/mol. The molecule has 0 amide bonds. The molecular formula is C12H21NS. The Kier molecular flexibility index (Phi) is 5.88. The molecule has 80 valence electrons. The van der Waals surface area contributed by atoms with Gasteiger partial charge in [-0.3, -0.25) is 0 Å². The van der Waals surface area contributed by atoms with Gasteiger partial charge in [0.1, 0.15) is 0 Å². The first-order valence-electron chi connectivity index (χ1n) is 5.52. The standard InChI is InChI=1S/C12H21NS/c1-11-8-10-14-12(11)7-5-3-4-6-9-13-2/h8,10,13H,3-7,9H2,1-2H3. The van der Waals surface area contributed by atoms with Crippen molar-refractivity contribution in [2.45, 2.75) is 39.0 Å². The van der Waals surface area contributed by atoms with Gasteiger partial charge in [0.2, 0.25) is 0 Å². The van der Waals surface area contributed by atoms with Crippen LogP contribution in [0.3, 0.4) is 0 Å². The highest BCUT2D eigenvalue weighted by Crippen LogP contribution is 2.18. The molecule has 2 heteroatoms. The van der Waals surface area contributed by atoms with Crippen molar-refractivity contribution in [2.75, 3.05) is 13.6 Å². The van der Waals surface area contributed by atoms with Gasteiger partial charge in [-0.15, -0.1) is 11.3 Å². The minimum Gasteiger partial charge on any atom is -0.320 e. The molecule has 0 aliphatic carbocycles. The van der Waals surface area contributed by atoms with Crippen LogP contribution in [0.5, 0.6) is 0 Å². The third kappa shape index (κ3) is 4.25. The fraction of sp³-hybridized carbons (Fsp3) is 0.667. The van der Waals surface area contributed by atoms with E-state index in [9.17, 15) is 0 Å². The van der Waals surface area contributed by atoms with E-state index in [1.165, 1.54) is 37.7 Å². The Labute approximate surface area is 91.5 Å². The number of aryl methyl sites for hydroxylation is 2. The molecule has 0 atom stereocenters. The predicted molar refractivity (Wildman–Crippen MR) is 65.2 cm³/mol. The summed E-state index contributed by atoms with van der Waals surface area (Å²) in [6, 6.07) is 2.22. The van der Waals surface area contributed by atoms with Crippen LogP contribution in [0.2, 0.25) is 0 Å². The summed E-state index contributed by atoms with van der Waals surface area (Å²) >= 11 is 1.91. The highest BCUT2D eigenvalue weighted by molar-refractivity contribution is 7.10. The van der Waals surface area contributed by atoms with Gasteiger partial charge in [0.25, 0.3) is 0 Å². The van der Waals surface area contributed by atoms with Crippen LogP contribution >= 0.6 is 11.3 Å². The number of unbranched alkanes of at least 4 members (excludes halogenated alkanes) is 3. The second-order valence-electron chi connectivity index (χ2n) is 3.79. The summed E-state index contributed by atoms with van der Waals surface area (Å²) in [7, 11) is 2.02. The number of hydrogen-bond acceptors (Lipinski definition) is 2. The molecule has 1 heterocycles. The average molecular weight is 211 g/mol. The predicted octanol–water partition coefficient (Wildman–Crippen LogP) is 3.38. The van der Waals surface area contributed by atoms with Gasteiger partial charge in [-0.05, 0) is 56.8 Å². The zero-order valence-electron chi connectivity index (χ0n) is 9.31. The zero-order chi connectivity index (χ0) is 10.2. The van der Waals surface area contributed by atoms with E-state index in [-0.39, 0.29) is 0 Å². The zero-order valence-corrected chi connectivity index (χ0v) is 10.1. The van der Waals surface area contributed by atoms with E-state index in [2.05, 4.69) is 23.7 Å². The first-order chi connectivity index (χ1) is 6.84. The van der Waals surface area contributed by atoms with Crippen molar-refractivity contribution >= 4 is 11.3 Å². The molecule has 0 fully saturated rings. The van der Waals surface area contributed by atoms with Crippen molar-refractivity contribution in [1.29, 1.82) is 0 Å². The number of rotatable bonds is 7. The third-order valence-electron chi connectivity index (χ3n) is 2.55. The van der Waals surface area contributed by atoms with Crippen LogP contribution in [0, 0.1) is 6.92 Å². The SMILES string of the molecule is CNCCCCCCc1sccc1C. The summed E-state index contributed by atoms with van der Waals surface area (Å²) in [5.41, 5.74) is 1.48. The van der Waals surface area contributed by atoms with E-state index in [0.29, 0.717) is 0 Å². The Morgan fingerprint density at radius 1 is 1.21 bits per heavy atom. The highest BCUT2D eigenvalue weighted by atomic mass is 32.1. The van der Waals surface area contributed by atoms with Crippen molar-refractivity contribution in [1.82, 2.24) is 5.32 Å². The van der Waals surface area contributed by atoms with Gasteiger partial charge in [-0.25, -0.2) is 0 Å². The van der Waals surface area contributed by atoms with Crippen LogP contribution in [0.15, 0.2) is 11.4 Å². The Balaban J connectivity index is 2.02. The maximum absolute atomic E-state index is 3.18. The van der Waals surface area contributed by atoms with E-state index in [4.69, 9.17) is 0 Å². The Hall–Kier alpha value is -0.340. The molecule has 0 saturated carbocycles. The highest BCUT2D eigenvalue weighted by Gasteiger charge is 1.98. The van der Waals surface area contributed by atoms with E-state index in [1.54, 1.807) is 4.88 Å². The average Bonchev–Trinajstić information content (AvgIpc) is 2.58. The summed E-state index contributed by atoms with van der Waals surface area (Å²) in [6.07, 6.45) is 6.69. The van der Waals surface area contributed by atoms with Crippen LogP contribution in [0.4, 0.5) is 0 Å². The van der Waals surface area contributed by atoms with Gasteiger partial charge >= 0.3 is 0 Å². The lowest BCUT2D eigenvalue weighted by molar-refractivity contribution is 0.618. The van der Waals surface area contributed by atoms with E-state index < -0.39 is 0 Å². The summed E-state index contributed by atoms with van der Waals surface area (Å²) in [4.78, 5) is 1.58. The molecule has 1 aromatic rings. The summed E-state index contributed by atoms with van der Waals surface area (Å²) in [5.74, 6) is 0. The molecule has 0 radical (unpaired) electrons. The topological polar surface area (TPSA) is 12.0 Å². The molecule has 1 rings (SSSR count). The lowest BCUT2D eigenvalue weighted by Crippen LogP contribution is -2.06. The molecule has 0 bridgehead atoms. The van der Waals surface area contributed by atoms with Gasteiger partial charge in [0.15, 0.2) is 0 Å². The van der Waals surface area contributed by atoms with Crippen LogP contribution in [0.1, 0.15) is 36.1 Å². The Bertz CT molecular complexity index is 242. The van der Waals surface area contributed by atoms with Crippen LogP contribution < -0.4 is 5.32 Å². The maximum atomic E-state index is 3.18. The van der Waals surface area contributed by atoms with Crippen molar-refractivity contribution in [3.05, 3.63) is 21.9 Å². The lowest BCUT2D eigenvalue weighted by Gasteiger charge is -2.01. The molecular weight excluding hydrogens is 190 g/mol. The van der Waals surface area contributed by atoms with Gasteiger partial charge in [-0.1, -0.05) is 12.8 Å². The first kappa shape index (κ1) is 11.7. The maximum Gasteiger partial charge on any atom is 0.00743 e. The molecule has 1 aromatic heterocycles. The van der Waals surface area contributed by atoms with E-state index in [0.717, 1.165) is 6.54 Å². The molecule has 0 saturated heterocycles.